The highest BCUT2D eigenvalue weighted by molar-refractivity contribution is 5.57. The summed E-state index contributed by atoms with van der Waals surface area (Å²) in [6, 6.07) is 9.91. The van der Waals surface area contributed by atoms with E-state index in [4.69, 9.17) is 14.7 Å². The predicted molar refractivity (Wildman–Crippen MR) is 115 cm³/mol. The van der Waals surface area contributed by atoms with Crippen molar-refractivity contribution in [2.45, 2.75) is 25.3 Å². The van der Waals surface area contributed by atoms with Gasteiger partial charge in [-0.3, -0.25) is 5.10 Å². The minimum atomic E-state index is 0.452. The van der Waals surface area contributed by atoms with Gasteiger partial charge in [0.05, 0.1) is 26.0 Å². The average molecular weight is 417 g/mol. The summed E-state index contributed by atoms with van der Waals surface area (Å²) in [5.74, 6) is 3.32. The number of anilines is 2. The van der Waals surface area contributed by atoms with Crippen molar-refractivity contribution in [3.8, 4) is 11.4 Å². The van der Waals surface area contributed by atoms with Crippen LogP contribution in [0.15, 0.2) is 36.5 Å². The average Bonchev–Trinajstić information content (AvgIpc) is 3.40. The van der Waals surface area contributed by atoms with Crippen molar-refractivity contribution >= 4 is 17.5 Å². The second kappa shape index (κ2) is 7.62. The molecular weight excluding hydrogens is 394 g/mol. The number of morpholine rings is 1. The number of benzene rings is 1. The number of hydrogen-bond acceptors (Lipinski definition) is 8. The van der Waals surface area contributed by atoms with Gasteiger partial charge in [-0.25, -0.2) is 4.98 Å². The molecule has 4 aromatic rings. The standard InChI is InChI=1S/C21H23N9O/c1-2-4-15(5-3-1)18-24-17(27-28-18)13-22-20-26-21(29-8-10-31-11-9-29)25-19-16(14-6-7-14)12-23-30(19)20/h1-5,12,14H,6-11,13H2,(H,22,25,26)(H,24,27,28). The molecule has 0 unspecified atom stereocenters. The molecule has 3 aromatic heterocycles. The predicted octanol–water partition coefficient (Wildman–Crippen LogP) is 2.24. The molecule has 0 spiro atoms. The van der Waals surface area contributed by atoms with Gasteiger partial charge in [-0.15, -0.1) is 0 Å². The van der Waals surface area contributed by atoms with Crippen molar-refractivity contribution in [1.82, 2.24) is 34.8 Å². The smallest absolute Gasteiger partial charge is 0.230 e. The van der Waals surface area contributed by atoms with Gasteiger partial charge in [0, 0.05) is 24.2 Å². The minimum Gasteiger partial charge on any atom is -0.378 e. The first-order chi connectivity index (χ1) is 15.3. The first kappa shape index (κ1) is 18.3. The topological polar surface area (TPSA) is 109 Å². The molecule has 0 amide bonds. The SMILES string of the molecule is c1ccc(-c2n[nH]c(CNc3nc(N4CCOCC4)nc4c(C5CC5)cnn34)n2)cc1. The van der Waals surface area contributed by atoms with Crippen LogP contribution in [0.2, 0.25) is 0 Å². The largest absolute Gasteiger partial charge is 0.378 e. The Morgan fingerprint density at radius 1 is 1.06 bits per heavy atom. The van der Waals surface area contributed by atoms with Crippen molar-refractivity contribution in [2.24, 2.45) is 0 Å². The molecule has 0 radical (unpaired) electrons. The number of aromatic nitrogens is 7. The minimum absolute atomic E-state index is 0.452. The van der Waals surface area contributed by atoms with E-state index in [0.29, 0.717) is 43.4 Å². The number of H-pyrrole nitrogens is 1. The Balaban J connectivity index is 1.29. The Kier molecular flexibility index (Phi) is 4.49. The highest BCUT2D eigenvalue weighted by atomic mass is 16.5. The van der Waals surface area contributed by atoms with Crippen LogP contribution in [0.25, 0.3) is 17.0 Å². The fourth-order valence-electron chi connectivity index (χ4n) is 3.84. The molecule has 2 fully saturated rings. The maximum absolute atomic E-state index is 5.49. The zero-order valence-corrected chi connectivity index (χ0v) is 17.0. The lowest BCUT2D eigenvalue weighted by Crippen LogP contribution is -2.37. The number of nitrogens with zero attached hydrogens (tertiary/aromatic N) is 7. The van der Waals surface area contributed by atoms with E-state index in [0.717, 1.165) is 30.1 Å². The molecule has 1 saturated carbocycles. The fourth-order valence-corrected chi connectivity index (χ4v) is 3.84. The summed E-state index contributed by atoms with van der Waals surface area (Å²) in [5.41, 5.74) is 3.06. The van der Waals surface area contributed by atoms with E-state index in [9.17, 15) is 0 Å². The molecule has 4 heterocycles. The molecule has 1 aromatic carbocycles. The highest BCUT2D eigenvalue weighted by Crippen LogP contribution is 2.42. The third-order valence-electron chi connectivity index (χ3n) is 5.67. The second-order valence-electron chi connectivity index (χ2n) is 7.88. The van der Waals surface area contributed by atoms with Crippen molar-refractivity contribution in [3.63, 3.8) is 0 Å². The third kappa shape index (κ3) is 3.59. The molecule has 2 aliphatic rings. The lowest BCUT2D eigenvalue weighted by molar-refractivity contribution is 0.122. The van der Waals surface area contributed by atoms with Crippen molar-refractivity contribution in [3.05, 3.63) is 47.9 Å². The number of ether oxygens (including phenoxy) is 1. The van der Waals surface area contributed by atoms with Crippen LogP contribution in [0.5, 0.6) is 0 Å². The number of nitrogens with one attached hydrogen (secondary N) is 2. The van der Waals surface area contributed by atoms with Crippen LogP contribution in [-0.2, 0) is 11.3 Å². The van der Waals surface area contributed by atoms with Crippen LogP contribution < -0.4 is 10.2 Å². The van der Waals surface area contributed by atoms with Gasteiger partial charge in [-0.05, 0) is 18.8 Å². The third-order valence-corrected chi connectivity index (χ3v) is 5.67. The molecule has 2 N–H and O–H groups in total. The Morgan fingerprint density at radius 2 is 1.90 bits per heavy atom. The van der Waals surface area contributed by atoms with E-state index in [2.05, 4.69) is 30.5 Å². The molecule has 0 atom stereocenters. The van der Waals surface area contributed by atoms with Gasteiger partial charge < -0.3 is 15.0 Å². The maximum atomic E-state index is 5.49. The number of hydrogen-bond donors (Lipinski definition) is 2. The maximum Gasteiger partial charge on any atom is 0.230 e. The zero-order valence-electron chi connectivity index (χ0n) is 17.0. The van der Waals surface area contributed by atoms with Gasteiger partial charge in [0.15, 0.2) is 11.5 Å². The summed E-state index contributed by atoms with van der Waals surface area (Å²) >= 11 is 0. The first-order valence-corrected chi connectivity index (χ1v) is 10.6. The van der Waals surface area contributed by atoms with Crippen molar-refractivity contribution in [1.29, 1.82) is 0 Å². The lowest BCUT2D eigenvalue weighted by Gasteiger charge is -2.27. The number of aromatic amines is 1. The van der Waals surface area contributed by atoms with Crippen LogP contribution >= 0.6 is 0 Å². The summed E-state index contributed by atoms with van der Waals surface area (Å²) in [7, 11) is 0. The summed E-state index contributed by atoms with van der Waals surface area (Å²) < 4.78 is 7.29. The van der Waals surface area contributed by atoms with Crippen LogP contribution in [0.1, 0.15) is 30.1 Å². The van der Waals surface area contributed by atoms with Gasteiger partial charge in [0.1, 0.15) is 5.82 Å². The molecule has 10 heteroatoms. The van der Waals surface area contributed by atoms with E-state index in [1.54, 1.807) is 4.52 Å². The summed E-state index contributed by atoms with van der Waals surface area (Å²) in [6.45, 7) is 3.39. The van der Waals surface area contributed by atoms with Crippen molar-refractivity contribution < 1.29 is 4.74 Å². The quantitative estimate of drug-likeness (QED) is 0.492. The molecule has 0 bridgehead atoms. The fraction of sp³-hybridized carbons (Fsp3) is 0.381. The number of fused-ring (bicyclic) bond motifs is 1. The Morgan fingerprint density at radius 3 is 2.71 bits per heavy atom. The van der Waals surface area contributed by atoms with E-state index in [-0.39, 0.29) is 0 Å². The van der Waals surface area contributed by atoms with E-state index in [1.807, 2.05) is 36.5 Å². The lowest BCUT2D eigenvalue weighted by atomic mass is 10.2. The molecule has 10 nitrogen and oxygen atoms in total. The molecule has 158 valence electrons. The van der Waals surface area contributed by atoms with Crippen LogP contribution in [-0.4, -0.2) is 61.1 Å². The van der Waals surface area contributed by atoms with Crippen LogP contribution in [0.3, 0.4) is 0 Å². The van der Waals surface area contributed by atoms with E-state index >= 15 is 0 Å². The molecule has 1 aliphatic carbocycles. The Labute approximate surface area is 178 Å². The molecule has 1 aliphatic heterocycles. The monoisotopic (exact) mass is 417 g/mol. The van der Waals surface area contributed by atoms with Gasteiger partial charge in [0.2, 0.25) is 11.9 Å². The van der Waals surface area contributed by atoms with Gasteiger partial charge in [-0.2, -0.15) is 24.7 Å². The van der Waals surface area contributed by atoms with Crippen LogP contribution in [0.4, 0.5) is 11.9 Å². The Bertz CT molecular complexity index is 1190. The summed E-state index contributed by atoms with van der Waals surface area (Å²) in [6.07, 6.45) is 4.32. The van der Waals surface area contributed by atoms with Crippen LogP contribution in [0, 0.1) is 0 Å². The van der Waals surface area contributed by atoms with E-state index < -0.39 is 0 Å². The van der Waals surface area contributed by atoms with Crippen molar-refractivity contribution in [2.75, 3.05) is 36.5 Å². The molecule has 31 heavy (non-hydrogen) atoms. The van der Waals surface area contributed by atoms with Gasteiger partial charge in [-0.1, -0.05) is 30.3 Å². The highest BCUT2D eigenvalue weighted by Gasteiger charge is 2.29. The van der Waals surface area contributed by atoms with Gasteiger partial charge in [0.25, 0.3) is 0 Å². The second-order valence-corrected chi connectivity index (χ2v) is 7.88. The molecule has 6 rings (SSSR count). The summed E-state index contributed by atoms with van der Waals surface area (Å²) in [4.78, 5) is 16.4. The van der Waals surface area contributed by atoms with E-state index in [1.165, 1.54) is 18.4 Å². The first-order valence-electron chi connectivity index (χ1n) is 10.6. The summed E-state index contributed by atoms with van der Waals surface area (Å²) in [5, 5.41) is 15.3. The Hall–Kier alpha value is -3.53. The molecular formula is C21H23N9O. The normalized spacial score (nSPS) is 16.7. The zero-order chi connectivity index (χ0) is 20.6. The van der Waals surface area contributed by atoms with Gasteiger partial charge >= 0.3 is 0 Å². The molecule has 1 saturated heterocycles. The number of rotatable bonds is 6.